The molecule has 5 nitrogen and oxygen atoms in total. The monoisotopic (exact) mass is 336 g/mol. The Balaban J connectivity index is 2.13. The molecule has 2 heterocycles. The summed E-state index contributed by atoms with van der Waals surface area (Å²) < 4.78 is 16.8. The third kappa shape index (κ3) is 2.03. The zero-order valence-electron chi connectivity index (χ0n) is 10.5. The summed E-state index contributed by atoms with van der Waals surface area (Å²) in [5.74, 6) is -0.359. The summed E-state index contributed by atoms with van der Waals surface area (Å²) in [7, 11) is 1.64. The number of nitrogens with zero attached hydrogens (tertiary/aromatic N) is 4. The fourth-order valence-corrected chi connectivity index (χ4v) is 2.32. The van der Waals surface area contributed by atoms with E-state index in [1.807, 2.05) is 0 Å². The predicted octanol–water partition coefficient (Wildman–Crippen LogP) is 2.08. The fraction of sp³-hybridized carbons (Fsp3) is 0.154. The average molecular weight is 337 g/mol. The Morgan fingerprint density at radius 1 is 1.25 bits per heavy atom. The molecule has 0 saturated carbocycles. The lowest BCUT2D eigenvalue weighted by Crippen LogP contribution is -2.23. The van der Waals surface area contributed by atoms with Gasteiger partial charge < -0.3 is 0 Å². The maximum atomic E-state index is 13.5. The van der Waals surface area contributed by atoms with Crippen LogP contribution >= 0.6 is 15.9 Å². The second-order valence-corrected chi connectivity index (χ2v) is 5.23. The topological polar surface area (TPSA) is 52.7 Å². The van der Waals surface area contributed by atoms with Gasteiger partial charge in [0.25, 0.3) is 0 Å². The highest BCUT2D eigenvalue weighted by Gasteiger charge is 2.13. The molecule has 102 valence electrons. The number of imidazole rings is 1. The predicted molar refractivity (Wildman–Crippen MR) is 76.0 cm³/mol. The van der Waals surface area contributed by atoms with Crippen molar-refractivity contribution in [3.8, 4) is 0 Å². The molecule has 0 radical (unpaired) electrons. The lowest BCUT2D eigenvalue weighted by Gasteiger charge is -2.04. The summed E-state index contributed by atoms with van der Waals surface area (Å²) in [4.78, 5) is 20.5. The number of benzene rings is 1. The first-order valence-corrected chi connectivity index (χ1v) is 6.67. The highest BCUT2D eigenvalue weighted by atomic mass is 79.9. The van der Waals surface area contributed by atoms with E-state index in [0.717, 1.165) is 0 Å². The first-order valence-electron chi connectivity index (χ1n) is 5.88. The number of hydrogen-bond acceptors (Lipinski definition) is 3. The summed E-state index contributed by atoms with van der Waals surface area (Å²) in [6, 6.07) is 4.77. The summed E-state index contributed by atoms with van der Waals surface area (Å²) in [6.45, 7) is 0.249. The fourth-order valence-electron chi connectivity index (χ4n) is 2.08. The highest BCUT2D eigenvalue weighted by molar-refractivity contribution is 9.10. The smallest absolute Gasteiger partial charge is 0.278 e. The van der Waals surface area contributed by atoms with Gasteiger partial charge in [0.15, 0.2) is 11.3 Å². The number of aryl methyl sites for hydroxylation is 1. The van der Waals surface area contributed by atoms with Gasteiger partial charge in [-0.05, 0) is 33.6 Å². The van der Waals surface area contributed by atoms with Crippen LogP contribution in [0.2, 0.25) is 0 Å². The first kappa shape index (κ1) is 13.0. The van der Waals surface area contributed by atoms with Gasteiger partial charge in [0.05, 0.1) is 11.0 Å². The van der Waals surface area contributed by atoms with Gasteiger partial charge in [-0.1, -0.05) is 6.07 Å². The molecule has 0 bridgehead atoms. The third-order valence-corrected chi connectivity index (χ3v) is 3.72. The van der Waals surface area contributed by atoms with E-state index in [4.69, 9.17) is 0 Å². The molecule has 0 aliphatic carbocycles. The maximum Gasteiger partial charge on any atom is 0.331 e. The second kappa shape index (κ2) is 4.82. The maximum absolute atomic E-state index is 13.5. The van der Waals surface area contributed by atoms with E-state index in [2.05, 4.69) is 25.9 Å². The molecule has 0 unspecified atom stereocenters. The van der Waals surface area contributed by atoms with Crippen molar-refractivity contribution in [3.05, 3.63) is 56.9 Å². The minimum atomic E-state index is -0.359. The van der Waals surface area contributed by atoms with Crippen molar-refractivity contribution in [2.45, 2.75) is 6.54 Å². The Morgan fingerprint density at radius 2 is 1.95 bits per heavy atom. The van der Waals surface area contributed by atoms with Crippen LogP contribution in [-0.4, -0.2) is 19.1 Å². The summed E-state index contributed by atoms with van der Waals surface area (Å²) >= 11 is 3.10. The molecule has 0 atom stereocenters. The number of aromatic nitrogens is 4. The van der Waals surface area contributed by atoms with Crippen LogP contribution in [0.4, 0.5) is 4.39 Å². The summed E-state index contributed by atoms with van der Waals surface area (Å²) in [5, 5.41) is 0. The SMILES string of the molecule is Cn1c(=O)n(Cc2ccc(Br)c(F)c2)c2nccnc21. The molecule has 1 aromatic carbocycles. The van der Waals surface area contributed by atoms with Gasteiger partial charge in [0, 0.05) is 19.4 Å². The number of fused-ring (bicyclic) bond motifs is 1. The van der Waals surface area contributed by atoms with Crippen molar-refractivity contribution in [3.63, 3.8) is 0 Å². The normalized spacial score (nSPS) is 11.2. The number of hydrogen-bond donors (Lipinski definition) is 0. The van der Waals surface area contributed by atoms with Crippen molar-refractivity contribution < 1.29 is 4.39 Å². The van der Waals surface area contributed by atoms with Crippen LogP contribution in [0, 0.1) is 5.82 Å². The van der Waals surface area contributed by atoms with Crippen molar-refractivity contribution >= 4 is 27.2 Å². The lowest BCUT2D eigenvalue weighted by molar-refractivity contribution is 0.616. The zero-order chi connectivity index (χ0) is 14.3. The quantitative estimate of drug-likeness (QED) is 0.720. The first-order chi connectivity index (χ1) is 9.58. The van der Waals surface area contributed by atoms with E-state index >= 15 is 0 Å². The molecular weight excluding hydrogens is 327 g/mol. The van der Waals surface area contributed by atoms with Crippen LogP contribution in [-0.2, 0) is 13.6 Å². The lowest BCUT2D eigenvalue weighted by atomic mass is 10.2. The van der Waals surface area contributed by atoms with Gasteiger partial charge in [-0.25, -0.2) is 19.2 Å². The molecule has 0 aliphatic heterocycles. The van der Waals surface area contributed by atoms with Crippen LogP contribution in [0.25, 0.3) is 11.3 Å². The third-order valence-electron chi connectivity index (χ3n) is 3.08. The van der Waals surface area contributed by atoms with Gasteiger partial charge in [0.1, 0.15) is 5.82 Å². The van der Waals surface area contributed by atoms with Crippen LogP contribution in [0.3, 0.4) is 0 Å². The molecule has 0 amide bonds. The molecule has 3 rings (SSSR count). The summed E-state index contributed by atoms with van der Waals surface area (Å²) in [6.07, 6.45) is 3.06. The van der Waals surface area contributed by atoms with E-state index in [1.165, 1.54) is 27.6 Å². The average Bonchev–Trinajstić information content (AvgIpc) is 2.69. The minimum absolute atomic E-state index is 0.227. The van der Waals surface area contributed by atoms with E-state index < -0.39 is 0 Å². The van der Waals surface area contributed by atoms with Crippen molar-refractivity contribution in [2.24, 2.45) is 7.05 Å². The molecular formula is C13H10BrFN4O. The largest absolute Gasteiger partial charge is 0.331 e. The summed E-state index contributed by atoms with van der Waals surface area (Å²) in [5.41, 5.74) is 1.46. The Labute approximate surface area is 121 Å². The van der Waals surface area contributed by atoms with Gasteiger partial charge in [0.2, 0.25) is 0 Å². The molecule has 0 fully saturated rings. The van der Waals surface area contributed by atoms with E-state index in [0.29, 0.717) is 21.3 Å². The van der Waals surface area contributed by atoms with Gasteiger partial charge in [-0.15, -0.1) is 0 Å². The Bertz CT molecular complexity index is 855. The second-order valence-electron chi connectivity index (χ2n) is 4.38. The van der Waals surface area contributed by atoms with Crippen LogP contribution in [0.5, 0.6) is 0 Å². The standard InChI is InChI=1S/C13H10BrFN4O/c1-18-11-12(17-5-4-16-11)19(13(18)20)7-8-2-3-9(14)10(15)6-8/h2-6H,7H2,1H3. The van der Waals surface area contributed by atoms with E-state index in [1.54, 1.807) is 19.2 Å². The van der Waals surface area contributed by atoms with Gasteiger partial charge >= 0.3 is 5.69 Å². The Morgan fingerprint density at radius 3 is 2.65 bits per heavy atom. The van der Waals surface area contributed by atoms with E-state index in [-0.39, 0.29) is 18.1 Å². The van der Waals surface area contributed by atoms with Crippen LogP contribution in [0.15, 0.2) is 39.9 Å². The molecule has 2 aromatic heterocycles. The van der Waals surface area contributed by atoms with Crippen molar-refractivity contribution in [1.82, 2.24) is 19.1 Å². The van der Waals surface area contributed by atoms with Crippen LogP contribution < -0.4 is 5.69 Å². The zero-order valence-corrected chi connectivity index (χ0v) is 12.1. The number of halogens is 2. The molecule has 0 saturated heterocycles. The molecule has 0 spiro atoms. The van der Waals surface area contributed by atoms with Crippen molar-refractivity contribution in [1.29, 1.82) is 0 Å². The van der Waals surface area contributed by atoms with Gasteiger partial charge in [-0.3, -0.25) is 9.13 Å². The Hall–Kier alpha value is -2.02. The molecule has 0 N–H and O–H groups in total. The van der Waals surface area contributed by atoms with Gasteiger partial charge in [-0.2, -0.15) is 0 Å². The molecule has 3 aromatic rings. The number of rotatable bonds is 2. The van der Waals surface area contributed by atoms with E-state index in [9.17, 15) is 9.18 Å². The van der Waals surface area contributed by atoms with Crippen molar-refractivity contribution in [2.75, 3.05) is 0 Å². The molecule has 20 heavy (non-hydrogen) atoms. The molecule has 0 aliphatic rings. The minimum Gasteiger partial charge on any atom is -0.278 e. The Kier molecular flexibility index (Phi) is 3.13. The highest BCUT2D eigenvalue weighted by Crippen LogP contribution is 2.17. The van der Waals surface area contributed by atoms with Crippen LogP contribution in [0.1, 0.15) is 5.56 Å². The molecule has 7 heteroatoms.